The second kappa shape index (κ2) is 4.83. The molecule has 1 aromatic carbocycles. The molecule has 0 amide bonds. The van der Waals surface area contributed by atoms with Crippen molar-refractivity contribution < 1.29 is 0 Å². The summed E-state index contributed by atoms with van der Waals surface area (Å²) in [7, 11) is 0. The van der Waals surface area contributed by atoms with Gasteiger partial charge < -0.3 is 0 Å². The maximum atomic E-state index is 2.31. The van der Waals surface area contributed by atoms with E-state index in [0.717, 1.165) is 16.4 Å². The predicted octanol–water partition coefficient (Wildman–Crippen LogP) is 4.81. The van der Waals surface area contributed by atoms with Crippen LogP contribution in [-0.2, 0) is 0 Å². The van der Waals surface area contributed by atoms with Crippen molar-refractivity contribution in [2.45, 2.75) is 49.0 Å². The minimum absolute atomic E-state index is 0.778. The van der Waals surface area contributed by atoms with Crippen molar-refractivity contribution >= 4 is 11.8 Å². The van der Waals surface area contributed by atoms with Gasteiger partial charge in [-0.15, -0.1) is 0 Å². The van der Waals surface area contributed by atoms with E-state index in [-0.39, 0.29) is 0 Å². The third-order valence-corrected chi connectivity index (χ3v) is 5.96. The molecule has 16 heavy (non-hydrogen) atoms. The molecule has 0 nitrogen and oxygen atoms in total. The number of benzene rings is 1. The maximum Gasteiger partial charge on any atom is 0.0300 e. The van der Waals surface area contributed by atoms with Gasteiger partial charge in [-0.1, -0.05) is 43.2 Å². The number of rotatable bonds is 1. The van der Waals surface area contributed by atoms with Gasteiger partial charge in [0, 0.05) is 10.5 Å². The van der Waals surface area contributed by atoms with Crippen LogP contribution >= 0.6 is 11.8 Å². The van der Waals surface area contributed by atoms with Crippen LogP contribution < -0.4 is 0 Å². The van der Waals surface area contributed by atoms with Gasteiger partial charge in [0.2, 0.25) is 0 Å². The Bertz CT molecular complexity index is 333. The molecular formula is C15H20S. The van der Waals surface area contributed by atoms with Gasteiger partial charge in [-0.3, -0.25) is 0 Å². The molecule has 0 radical (unpaired) electrons. The first-order valence-electron chi connectivity index (χ1n) is 6.64. The lowest BCUT2D eigenvalue weighted by atomic mass is 9.84. The fourth-order valence-corrected chi connectivity index (χ4v) is 5.05. The first-order chi connectivity index (χ1) is 7.93. The highest BCUT2D eigenvalue weighted by atomic mass is 32.2. The molecule has 3 atom stereocenters. The molecule has 1 aliphatic carbocycles. The van der Waals surface area contributed by atoms with Crippen molar-refractivity contribution in [2.75, 3.05) is 0 Å². The van der Waals surface area contributed by atoms with Crippen LogP contribution in [0.5, 0.6) is 0 Å². The van der Waals surface area contributed by atoms with E-state index in [1.54, 1.807) is 5.56 Å². The van der Waals surface area contributed by atoms with E-state index >= 15 is 0 Å². The normalized spacial score (nSPS) is 34.4. The van der Waals surface area contributed by atoms with Crippen LogP contribution in [0.15, 0.2) is 30.3 Å². The number of hydrogen-bond acceptors (Lipinski definition) is 1. The predicted molar refractivity (Wildman–Crippen MR) is 71.8 cm³/mol. The monoisotopic (exact) mass is 232 g/mol. The minimum Gasteiger partial charge on any atom is -0.150 e. The van der Waals surface area contributed by atoms with Crippen LogP contribution in [-0.4, -0.2) is 5.25 Å². The van der Waals surface area contributed by atoms with E-state index in [0.29, 0.717) is 0 Å². The fraction of sp³-hybridized carbons (Fsp3) is 0.600. The van der Waals surface area contributed by atoms with Gasteiger partial charge in [0.15, 0.2) is 0 Å². The van der Waals surface area contributed by atoms with E-state index in [9.17, 15) is 0 Å². The highest BCUT2D eigenvalue weighted by Gasteiger charge is 2.33. The highest BCUT2D eigenvalue weighted by Crippen LogP contribution is 2.49. The number of fused-ring (bicyclic) bond motifs is 1. The van der Waals surface area contributed by atoms with Crippen molar-refractivity contribution in [1.82, 2.24) is 0 Å². The average Bonchev–Trinajstić information content (AvgIpc) is 2.39. The van der Waals surface area contributed by atoms with Crippen LogP contribution in [0.4, 0.5) is 0 Å². The van der Waals surface area contributed by atoms with Gasteiger partial charge >= 0.3 is 0 Å². The molecule has 1 saturated carbocycles. The summed E-state index contributed by atoms with van der Waals surface area (Å²) in [4.78, 5) is 0. The van der Waals surface area contributed by atoms with Crippen molar-refractivity contribution in [3.63, 3.8) is 0 Å². The topological polar surface area (TPSA) is 0 Å². The Hall–Kier alpha value is -0.430. The molecule has 0 unspecified atom stereocenters. The van der Waals surface area contributed by atoms with Crippen molar-refractivity contribution in [3.05, 3.63) is 35.9 Å². The van der Waals surface area contributed by atoms with Crippen LogP contribution in [0.1, 0.15) is 49.3 Å². The van der Waals surface area contributed by atoms with Crippen LogP contribution in [0.2, 0.25) is 0 Å². The summed E-state index contributed by atoms with van der Waals surface area (Å²) < 4.78 is 0. The molecule has 86 valence electrons. The van der Waals surface area contributed by atoms with E-state index in [1.807, 2.05) is 0 Å². The molecule has 1 aliphatic heterocycles. The van der Waals surface area contributed by atoms with E-state index < -0.39 is 0 Å². The van der Waals surface area contributed by atoms with E-state index in [4.69, 9.17) is 0 Å². The second-order valence-electron chi connectivity index (χ2n) is 5.20. The van der Waals surface area contributed by atoms with Gasteiger partial charge in [-0.25, -0.2) is 0 Å². The van der Waals surface area contributed by atoms with Gasteiger partial charge in [0.1, 0.15) is 0 Å². The zero-order valence-corrected chi connectivity index (χ0v) is 10.6. The smallest absolute Gasteiger partial charge is 0.0300 e. The molecule has 1 heteroatoms. The first kappa shape index (κ1) is 10.7. The molecule has 3 rings (SSSR count). The summed E-state index contributed by atoms with van der Waals surface area (Å²) in [5.41, 5.74) is 1.55. The molecule has 2 aliphatic rings. The Labute approximate surface area is 103 Å². The highest BCUT2D eigenvalue weighted by molar-refractivity contribution is 8.00. The number of hydrogen-bond donors (Lipinski definition) is 0. The Kier molecular flexibility index (Phi) is 3.23. The summed E-state index contributed by atoms with van der Waals surface area (Å²) in [5, 5.41) is 1.74. The van der Waals surface area contributed by atoms with Crippen LogP contribution in [0, 0.1) is 5.92 Å². The zero-order chi connectivity index (χ0) is 10.8. The minimum atomic E-state index is 0.778. The quantitative estimate of drug-likeness (QED) is 0.669. The summed E-state index contributed by atoms with van der Waals surface area (Å²) in [6, 6.07) is 11.1. The number of thioether (sulfide) groups is 1. The summed E-state index contributed by atoms with van der Waals surface area (Å²) in [6.45, 7) is 0. The Morgan fingerprint density at radius 2 is 1.69 bits per heavy atom. The molecule has 1 heterocycles. The third-order valence-electron chi connectivity index (χ3n) is 4.15. The maximum absolute atomic E-state index is 2.31. The van der Waals surface area contributed by atoms with Crippen molar-refractivity contribution in [3.8, 4) is 0 Å². The molecular weight excluding hydrogens is 212 g/mol. The molecule has 1 aromatic rings. The lowest BCUT2D eigenvalue weighted by Gasteiger charge is -2.39. The molecule has 0 aromatic heterocycles. The summed E-state index contributed by atoms with van der Waals surface area (Å²) in [5.74, 6) is 1.04. The Morgan fingerprint density at radius 1 is 0.875 bits per heavy atom. The van der Waals surface area contributed by atoms with Crippen molar-refractivity contribution in [2.24, 2.45) is 5.92 Å². The largest absolute Gasteiger partial charge is 0.150 e. The standard InChI is InChI=1S/C15H20S/c1-2-6-12(7-3-1)15-11-10-13-8-4-5-9-14(13)16-15/h1-3,6-7,13-15H,4-5,8-11H2/t13-,14-,15+/m0/s1. The van der Waals surface area contributed by atoms with Crippen LogP contribution in [0.25, 0.3) is 0 Å². The zero-order valence-electron chi connectivity index (χ0n) is 9.77. The summed E-state index contributed by atoms with van der Waals surface area (Å²) >= 11 is 2.27. The van der Waals surface area contributed by atoms with Gasteiger partial charge in [0.25, 0.3) is 0 Å². The second-order valence-corrected chi connectivity index (χ2v) is 6.64. The van der Waals surface area contributed by atoms with Crippen molar-refractivity contribution in [1.29, 1.82) is 0 Å². The van der Waals surface area contributed by atoms with Crippen LogP contribution in [0.3, 0.4) is 0 Å². The first-order valence-corrected chi connectivity index (χ1v) is 7.58. The molecule has 2 fully saturated rings. The van der Waals surface area contributed by atoms with Gasteiger partial charge in [-0.2, -0.15) is 11.8 Å². The summed E-state index contributed by atoms with van der Waals surface area (Å²) in [6.07, 6.45) is 8.79. The Morgan fingerprint density at radius 3 is 2.56 bits per heavy atom. The molecule has 0 N–H and O–H groups in total. The molecule has 0 spiro atoms. The van der Waals surface area contributed by atoms with Gasteiger partial charge in [0.05, 0.1) is 0 Å². The van der Waals surface area contributed by atoms with E-state index in [1.165, 1.54) is 38.5 Å². The lowest BCUT2D eigenvalue weighted by molar-refractivity contribution is 0.330. The lowest BCUT2D eigenvalue weighted by Crippen LogP contribution is -2.27. The van der Waals surface area contributed by atoms with E-state index in [2.05, 4.69) is 42.1 Å². The molecule has 1 saturated heterocycles. The Balaban J connectivity index is 1.71. The fourth-order valence-electron chi connectivity index (χ4n) is 3.24. The third kappa shape index (κ3) is 2.15. The SMILES string of the molecule is c1ccc([C@H]2CC[C@@H]3CCCC[C@@H]3S2)cc1. The average molecular weight is 232 g/mol. The molecule has 0 bridgehead atoms. The van der Waals surface area contributed by atoms with Gasteiger partial charge in [-0.05, 0) is 37.2 Å².